The standard InChI is InChI=1S/C18H20N2O2S/c1-22-16-4-2-13(3-5-16)8-19-9-14-10-20(15-6-7-23-12-15)18(21)17(14)11-19/h2-7,12,14,17H,8-11H2,1H3/t14-,17-/m0/s1. The van der Waals surface area contributed by atoms with Crippen LogP contribution in [-0.4, -0.2) is 37.6 Å². The van der Waals surface area contributed by atoms with Crippen molar-refractivity contribution in [3.8, 4) is 5.75 Å². The monoisotopic (exact) mass is 328 g/mol. The summed E-state index contributed by atoms with van der Waals surface area (Å²) in [5.74, 6) is 1.80. The Labute approximate surface area is 140 Å². The highest BCUT2D eigenvalue weighted by atomic mass is 32.1. The molecule has 0 unspecified atom stereocenters. The number of hydrogen-bond acceptors (Lipinski definition) is 4. The maximum absolute atomic E-state index is 12.7. The van der Waals surface area contributed by atoms with Crippen LogP contribution < -0.4 is 9.64 Å². The summed E-state index contributed by atoms with van der Waals surface area (Å²) in [6.07, 6.45) is 0. The van der Waals surface area contributed by atoms with Gasteiger partial charge in [-0.1, -0.05) is 12.1 Å². The predicted octanol–water partition coefficient (Wildman–Crippen LogP) is 2.85. The average Bonchev–Trinajstić information content (AvgIpc) is 3.27. The number of thiophene rings is 1. The Morgan fingerprint density at radius 2 is 2.00 bits per heavy atom. The Bertz CT molecular complexity index is 684. The number of amides is 1. The molecule has 2 aliphatic heterocycles. The topological polar surface area (TPSA) is 32.8 Å². The molecule has 2 fully saturated rings. The molecule has 2 aliphatic rings. The second-order valence-electron chi connectivity index (χ2n) is 6.34. The van der Waals surface area contributed by atoms with Crippen LogP contribution in [0.4, 0.5) is 5.69 Å². The number of likely N-dealkylation sites (tertiary alicyclic amines) is 1. The first-order valence-corrected chi connectivity index (χ1v) is 8.88. The molecule has 4 nitrogen and oxygen atoms in total. The van der Waals surface area contributed by atoms with E-state index in [1.807, 2.05) is 28.5 Å². The molecule has 1 aromatic heterocycles. The summed E-state index contributed by atoms with van der Waals surface area (Å²) < 4.78 is 5.20. The van der Waals surface area contributed by atoms with Crippen molar-refractivity contribution in [3.05, 3.63) is 46.7 Å². The van der Waals surface area contributed by atoms with Crippen molar-refractivity contribution in [1.82, 2.24) is 4.90 Å². The first-order chi connectivity index (χ1) is 11.2. The van der Waals surface area contributed by atoms with E-state index in [-0.39, 0.29) is 5.92 Å². The molecule has 2 atom stereocenters. The van der Waals surface area contributed by atoms with Crippen LogP contribution in [-0.2, 0) is 11.3 Å². The Kier molecular flexibility index (Phi) is 3.83. The third kappa shape index (κ3) is 2.75. The van der Waals surface area contributed by atoms with Gasteiger partial charge in [-0.2, -0.15) is 11.3 Å². The molecule has 0 radical (unpaired) electrons. The van der Waals surface area contributed by atoms with E-state index >= 15 is 0 Å². The summed E-state index contributed by atoms with van der Waals surface area (Å²) in [6, 6.07) is 10.2. The number of nitrogens with zero attached hydrogens (tertiary/aromatic N) is 2. The lowest BCUT2D eigenvalue weighted by atomic mass is 10.0. The van der Waals surface area contributed by atoms with Gasteiger partial charge in [-0.25, -0.2) is 0 Å². The molecule has 0 bridgehead atoms. The fourth-order valence-electron chi connectivity index (χ4n) is 3.71. The van der Waals surface area contributed by atoms with Crippen molar-refractivity contribution in [2.24, 2.45) is 11.8 Å². The number of methoxy groups -OCH3 is 1. The van der Waals surface area contributed by atoms with Gasteiger partial charge in [0, 0.05) is 37.5 Å². The number of hydrogen-bond donors (Lipinski definition) is 0. The van der Waals surface area contributed by atoms with Crippen LogP contribution in [0, 0.1) is 11.8 Å². The second kappa shape index (κ2) is 5.98. The highest BCUT2D eigenvalue weighted by Gasteiger charge is 2.46. The summed E-state index contributed by atoms with van der Waals surface area (Å²) in [4.78, 5) is 17.0. The molecule has 3 heterocycles. The highest BCUT2D eigenvalue weighted by Crippen LogP contribution is 2.36. The molecular formula is C18H20N2O2S. The minimum atomic E-state index is 0.160. The van der Waals surface area contributed by atoms with E-state index in [9.17, 15) is 4.79 Å². The van der Waals surface area contributed by atoms with Crippen LogP contribution in [0.3, 0.4) is 0 Å². The van der Waals surface area contributed by atoms with E-state index < -0.39 is 0 Å². The minimum Gasteiger partial charge on any atom is -0.497 e. The Hall–Kier alpha value is -1.85. The first kappa shape index (κ1) is 14.7. The van der Waals surface area contributed by atoms with E-state index in [0.717, 1.165) is 37.6 Å². The number of fused-ring (bicyclic) bond motifs is 1. The largest absolute Gasteiger partial charge is 0.497 e. The molecule has 4 rings (SSSR count). The van der Waals surface area contributed by atoms with Gasteiger partial charge in [0.25, 0.3) is 0 Å². The predicted molar refractivity (Wildman–Crippen MR) is 91.9 cm³/mol. The molecule has 5 heteroatoms. The van der Waals surface area contributed by atoms with Crippen LogP contribution in [0.2, 0.25) is 0 Å². The third-order valence-electron chi connectivity index (χ3n) is 4.90. The molecule has 2 saturated heterocycles. The first-order valence-electron chi connectivity index (χ1n) is 7.93. The number of ether oxygens (including phenoxy) is 1. The van der Waals surface area contributed by atoms with E-state index in [0.29, 0.717) is 11.8 Å². The lowest BCUT2D eigenvalue weighted by Gasteiger charge is -2.21. The number of carbonyl (C=O) groups is 1. The maximum Gasteiger partial charge on any atom is 0.231 e. The molecular weight excluding hydrogens is 308 g/mol. The van der Waals surface area contributed by atoms with Gasteiger partial charge in [-0.3, -0.25) is 9.69 Å². The van der Waals surface area contributed by atoms with Gasteiger partial charge < -0.3 is 9.64 Å². The number of carbonyl (C=O) groups excluding carboxylic acids is 1. The number of rotatable bonds is 4. The Balaban J connectivity index is 1.40. The fraction of sp³-hybridized carbons (Fsp3) is 0.389. The lowest BCUT2D eigenvalue weighted by Crippen LogP contribution is -2.32. The zero-order valence-corrected chi connectivity index (χ0v) is 14.0. The van der Waals surface area contributed by atoms with Gasteiger partial charge in [0.2, 0.25) is 5.91 Å². The van der Waals surface area contributed by atoms with Gasteiger partial charge in [0.1, 0.15) is 5.75 Å². The van der Waals surface area contributed by atoms with Crippen molar-refractivity contribution in [3.63, 3.8) is 0 Å². The van der Waals surface area contributed by atoms with E-state index in [4.69, 9.17) is 4.74 Å². The van der Waals surface area contributed by atoms with Gasteiger partial charge in [0.15, 0.2) is 0 Å². The van der Waals surface area contributed by atoms with Gasteiger partial charge >= 0.3 is 0 Å². The third-order valence-corrected chi connectivity index (χ3v) is 5.57. The van der Waals surface area contributed by atoms with Crippen LogP contribution in [0.15, 0.2) is 41.1 Å². The van der Waals surface area contributed by atoms with Crippen molar-refractivity contribution in [2.45, 2.75) is 6.54 Å². The number of benzene rings is 1. The summed E-state index contributed by atoms with van der Waals surface area (Å²) in [5, 5.41) is 4.10. The van der Waals surface area contributed by atoms with Crippen LogP contribution in [0.5, 0.6) is 5.75 Å². The fourth-order valence-corrected chi connectivity index (χ4v) is 4.35. The van der Waals surface area contributed by atoms with Crippen molar-refractivity contribution < 1.29 is 9.53 Å². The average molecular weight is 328 g/mol. The normalized spacial score (nSPS) is 24.2. The van der Waals surface area contributed by atoms with Crippen LogP contribution in [0.25, 0.3) is 0 Å². The molecule has 0 aliphatic carbocycles. The molecule has 1 aromatic carbocycles. The number of anilines is 1. The van der Waals surface area contributed by atoms with Crippen LogP contribution >= 0.6 is 11.3 Å². The van der Waals surface area contributed by atoms with Gasteiger partial charge in [-0.05, 0) is 29.1 Å². The van der Waals surface area contributed by atoms with Gasteiger partial charge in [0.05, 0.1) is 18.7 Å². The highest BCUT2D eigenvalue weighted by molar-refractivity contribution is 7.08. The summed E-state index contributed by atoms with van der Waals surface area (Å²) in [7, 11) is 1.68. The smallest absolute Gasteiger partial charge is 0.231 e. The molecule has 0 N–H and O–H groups in total. The summed E-state index contributed by atoms with van der Waals surface area (Å²) in [6.45, 7) is 3.64. The molecule has 23 heavy (non-hydrogen) atoms. The van der Waals surface area contributed by atoms with Crippen molar-refractivity contribution in [2.75, 3.05) is 31.6 Å². The maximum atomic E-state index is 12.7. The summed E-state index contributed by atoms with van der Waals surface area (Å²) >= 11 is 1.65. The van der Waals surface area contributed by atoms with Crippen LogP contribution in [0.1, 0.15) is 5.56 Å². The Morgan fingerprint density at radius 3 is 2.65 bits per heavy atom. The van der Waals surface area contributed by atoms with E-state index in [1.54, 1.807) is 18.4 Å². The lowest BCUT2D eigenvalue weighted by molar-refractivity contribution is -0.120. The quantitative estimate of drug-likeness (QED) is 0.865. The van der Waals surface area contributed by atoms with Gasteiger partial charge in [-0.15, -0.1) is 0 Å². The van der Waals surface area contributed by atoms with Crippen molar-refractivity contribution >= 4 is 22.9 Å². The summed E-state index contributed by atoms with van der Waals surface area (Å²) in [5.41, 5.74) is 2.34. The SMILES string of the molecule is COc1ccc(CN2C[C@H]3CN(c4ccsc4)C(=O)[C@H]3C2)cc1. The zero-order chi connectivity index (χ0) is 15.8. The van der Waals surface area contributed by atoms with E-state index in [2.05, 4.69) is 22.4 Å². The zero-order valence-electron chi connectivity index (χ0n) is 13.1. The molecule has 1 amide bonds. The molecule has 0 saturated carbocycles. The van der Waals surface area contributed by atoms with E-state index in [1.165, 1.54) is 5.56 Å². The van der Waals surface area contributed by atoms with Crippen molar-refractivity contribution in [1.29, 1.82) is 0 Å². The molecule has 120 valence electrons. The molecule has 2 aromatic rings. The second-order valence-corrected chi connectivity index (χ2v) is 7.12. The minimum absolute atomic E-state index is 0.160. The molecule has 0 spiro atoms. The Morgan fingerprint density at radius 1 is 1.17 bits per heavy atom.